The molecule has 1 saturated carbocycles. The average molecular weight is 201 g/mol. The molecule has 4 heteroatoms. The van der Waals surface area contributed by atoms with E-state index in [2.05, 4.69) is 6.92 Å². The minimum absolute atomic E-state index is 0.141. The lowest BCUT2D eigenvalue weighted by atomic mass is 9.73. The molecule has 1 aliphatic rings. The summed E-state index contributed by atoms with van der Waals surface area (Å²) in [5.41, 5.74) is 4.61. The molecular weight excluding hydrogens is 182 g/mol. The molecule has 1 aliphatic carbocycles. The van der Waals surface area contributed by atoms with Gasteiger partial charge in [0.15, 0.2) is 0 Å². The van der Waals surface area contributed by atoms with Gasteiger partial charge in [0.1, 0.15) is 5.54 Å². The first kappa shape index (κ1) is 11.5. The van der Waals surface area contributed by atoms with Crippen molar-refractivity contribution in [2.45, 2.75) is 50.2 Å². The molecule has 1 rings (SSSR count). The summed E-state index contributed by atoms with van der Waals surface area (Å²) in [6.45, 7) is 2.06. The number of methoxy groups -OCH3 is 1. The van der Waals surface area contributed by atoms with Crippen LogP contribution in [0, 0.1) is 0 Å². The van der Waals surface area contributed by atoms with Crippen LogP contribution < -0.4 is 5.73 Å². The van der Waals surface area contributed by atoms with Crippen molar-refractivity contribution in [3.8, 4) is 0 Å². The Morgan fingerprint density at radius 1 is 1.43 bits per heavy atom. The van der Waals surface area contributed by atoms with Gasteiger partial charge in [-0.2, -0.15) is 0 Å². The molecule has 0 spiro atoms. The SMILES string of the molecule is CCC1(OC)CCC(N)(C(=O)O)CC1. The number of rotatable bonds is 3. The molecule has 0 aromatic carbocycles. The first-order chi connectivity index (χ1) is 6.48. The predicted molar refractivity (Wildman–Crippen MR) is 53.1 cm³/mol. The number of hydrogen-bond acceptors (Lipinski definition) is 3. The van der Waals surface area contributed by atoms with Gasteiger partial charge in [-0.05, 0) is 32.1 Å². The third kappa shape index (κ3) is 1.91. The van der Waals surface area contributed by atoms with Gasteiger partial charge in [-0.3, -0.25) is 4.79 Å². The summed E-state index contributed by atoms with van der Waals surface area (Å²) in [6.07, 6.45) is 3.40. The molecule has 0 atom stereocenters. The van der Waals surface area contributed by atoms with E-state index in [0.717, 1.165) is 19.3 Å². The van der Waals surface area contributed by atoms with E-state index >= 15 is 0 Å². The lowest BCUT2D eigenvalue weighted by Gasteiger charge is -2.41. The van der Waals surface area contributed by atoms with Gasteiger partial charge in [-0.25, -0.2) is 0 Å². The fourth-order valence-corrected chi connectivity index (χ4v) is 2.07. The second-order valence-electron chi connectivity index (χ2n) is 4.20. The molecule has 0 aliphatic heterocycles. The van der Waals surface area contributed by atoms with Crippen LogP contribution in [0.1, 0.15) is 39.0 Å². The number of carboxylic acid groups (broad SMARTS) is 1. The van der Waals surface area contributed by atoms with Crippen LogP contribution >= 0.6 is 0 Å². The summed E-state index contributed by atoms with van der Waals surface area (Å²) < 4.78 is 5.45. The highest BCUT2D eigenvalue weighted by Gasteiger charge is 2.44. The Kier molecular flexibility index (Phi) is 3.17. The van der Waals surface area contributed by atoms with E-state index in [1.807, 2.05) is 0 Å². The van der Waals surface area contributed by atoms with Crippen molar-refractivity contribution in [2.75, 3.05) is 7.11 Å². The molecule has 1 fully saturated rings. The van der Waals surface area contributed by atoms with Crippen molar-refractivity contribution in [3.05, 3.63) is 0 Å². The van der Waals surface area contributed by atoms with Gasteiger partial charge in [0.25, 0.3) is 0 Å². The first-order valence-corrected chi connectivity index (χ1v) is 5.05. The molecule has 0 saturated heterocycles. The maximum Gasteiger partial charge on any atom is 0.323 e. The van der Waals surface area contributed by atoms with Crippen LogP contribution in [-0.4, -0.2) is 29.3 Å². The summed E-state index contributed by atoms with van der Waals surface area (Å²) in [4.78, 5) is 10.9. The number of aliphatic carboxylic acids is 1. The van der Waals surface area contributed by atoms with E-state index in [4.69, 9.17) is 15.6 Å². The highest BCUT2D eigenvalue weighted by atomic mass is 16.5. The van der Waals surface area contributed by atoms with E-state index in [1.54, 1.807) is 7.11 Å². The van der Waals surface area contributed by atoms with Crippen LogP contribution in [0.15, 0.2) is 0 Å². The molecule has 14 heavy (non-hydrogen) atoms. The smallest absolute Gasteiger partial charge is 0.323 e. The zero-order valence-electron chi connectivity index (χ0n) is 8.88. The topological polar surface area (TPSA) is 72.5 Å². The minimum atomic E-state index is -1.03. The first-order valence-electron chi connectivity index (χ1n) is 5.05. The third-order valence-electron chi connectivity index (χ3n) is 3.56. The molecule has 0 aromatic rings. The predicted octanol–water partition coefficient (Wildman–Crippen LogP) is 1.14. The van der Waals surface area contributed by atoms with Crippen LogP contribution in [0.5, 0.6) is 0 Å². The van der Waals surface area contributed by atoms with Crippen molar-refractivity contribution in [1.29, 1.82) is 0 Å². The van der Waals surface area contributed by atoms with E-state index in [-0.39, 0.29) is 5.60 Å². The normalized spacial score (nSPS) is 38.2. The van der Waals surface area contributed by atoms with Gasteiger partial charge >= 0.3 is 5.97 Å². The van der Waals surface area contributed by atoms with E-state index < -0.39 is 11.5 Å². The molecule has 0 amide bonds. The van der Waals surface area contributed by atoms with Gasteiger partial charge in [0.2, 0.25) is 0 Å². The highest BCUT2D eigenvalue weighted by Crippen LogP contribution is 2.37. The van der Waals surface area contributed by atoms with Gasteiger partial charge in [0.05, 0.1) is 5.60 Å². The molecule has 82 valence electrons. The number of nitrogens with two attached hydrogens (primary N) is 1. The van der Waals surface area contributed by atoms with Crippen LogP contribution in [0.4, 0.5) is 0 Å². The average Bonchev–Trinajstić information content (AvgIpc) is 2.20. The molecule has 4 nitrogen and oxygen atoms in total. The maximum atomic E-state index is 10.9. The lowest BCUT2D eigenvalue weighted by molar-refractivity contribution is -0.148. The van der Waals surface area contributed by atoms with Crippen LogP contribution in [0.2, 0.25) is 0 Å². The number of carbonyl (C=O) groups is 1. The fraction of sp³-hybridized carbons (Fsp3) is 0.900. The summed E-state index contributed by atoms with van der Waals surface area (Å²) in [5.74, 6) is -0.890. The van der Waals surface area contributed by atoms with Crippen LogP contribution in [-0.2, 0) is 9.53 Å². The molecule has 3 N–H and O–H groups in total. The maximum absolute atomic E-state index is 10.9. The Hall–Kier alpha value is -0.610. The van der Waals surface area contributed by atoms with E-state index in [0.29, 0.717) is 12.8 Å². The number of hydrogen-bond donors (Lipinski definition) is 2. The zero-order valence-corrected chi connectivity index (χ0v) is 8.88. The van der Waals surface area contributed by atoms with E-state index in [1.165, 1.54) is 0 Å². The minimum Gasteiger partial charge on any atom is -0.480 e. The molecule has 0 unspecified atom stereocenters. The molecular formula is C10H19NO3. The summed E-state index contributed by atoms with van der Waals surface area (Å²) >= 11 is 0. The number of carboxylic acids is 1. The van der Waals surface area contributed by atoms with Gasteiger partial charge in [-0.15, -0.1) is 0 Å². The Morgan fingerprint density at radius 2 is 1.93 bits per heavy atom. The summed E-state index contributed by atoms with van der Waals surface area (Å²) in [5, 5.41) is 8.95. The highest BCUT2D eigenvalue weighted by molar-refractivity contribution is 5.78. The van der Waals surface area contributed by atoms with Crippen LogP contribution in [0.3, 0.4) is 0 Å². The van der Waals surface area contributed by atoms with E-state index in [9.17, 15) is 4.79 Å². The Labute approximate surface area is 84.4 Å². The third-order valence-corrected chi connectivity index (χ3v) is 3.56. The molecule has 0 radical (unpaired) electrons. The van der Waals surface area contributed by atoms with Crippen molar-refractivity contribution >= 4 is 5.97 Å². The second kappa shape index (κ2) is 3.87. The van der Waals surface area contributed by atoms with Gasteiger partial charge < -0.3 is 15.6 Å². The van der Waals surface area contributed by atoms with Crippen LogP contribution in [0.25, 0.3) is 0 Å². The fourth-order valence-electron chi connectivity index (χ4n) is 2.07. The Bertz CT molecular complexity index is 213. The molecule has 0 bridgehead atoms. The molecule has 0 aromatic heterocycles. The number of ether oxygens (including phenoxy) is 1. The van der Waals surface area contributed by atoms with Crippen molar-refractivity contribution in [3.63, 3.8) is 0 Å². The van der Waals surface area contributed by atoms with Crippen molar-refractivity contribution in [2.24, 2.45) is 5.73 Å². The summed E-state index contributed by atoms with van der Waals surface area (Å²) in [7, 11) is 1.69. The Balaban J connectivity index is 2.65. The van der Waals surface area contributed by atoms with Gasteiger partial charge in [0, 0.05) is 7.11 Å². The quantitative estimate of drug-likeness (QED) is 0.718. The van der Waals surface area contributed by atoms with Gasteiger partial charge in [-0.1, -0.05) is 6.92 Å². The zero-order chi connectivity index (χ0) is 10.8. The second-order valence-corrected chi connectivity index (χ2v) is 4.20. The van der Waals surface area contributed by atoms with Crippen molar-refractivity contribution < 1.29 is 14.6 Å². The largest absolute Gasteiger partial charge is 0.480 e. The molecule has 0 heterocycles. The lowest BCUT2D eigenvalue weighted by Crippen LogP contribution is -2.54. The summed E-state index contributed by atoms with van der Waals surface area (Å²) in [6, 6.07) is 0. The monoisotopic (exact) mass is 201 g/mol. The standard InChI is InChI=1S/C10H19NO3/c1-3-9(14-2)4-6-10(11,7-5-9)8(12)13/h3-7,11H2,1-2H3,(H,12,13). The Morgan fingerprint density at radius 3 is 2.21 bits per heavy atom. The van der Waals surface area contributed by atoms with Crippen molar-refractivity contribution in [1.82, 2.24) is 0 Å².